The smallest absolute Gasteiger partial charge is 0.254 e. The van der Waals surface area contributed by atoms with E-state index in [2.05, 4.69) is 9.97 Å². The molecule has 0 N–H and O–H groups in total. The summed E-state index contributed by atoms with van der Waals surface area (Å²) in [6, 6.07) is 0. The minimum atomic E-state index is -0.587. The second-order valence-electron chi connectivity index (χ2n) is 3.66. The summed E-state index contributed by atoms with van der Waals surface area (Å²) in [5, 5.41) is -0.0108. The molecule has 0 spiro atoms. The Labute approximate surface area is 97.8 Å². The average Bonchev–Trinajstić information content (AvgIpc) is 2.32. The third kappa shape index (κ3) is 3.02. The highest BCUT2D eigenvalue weighted by atomic mass is 35.5. The van der Waals surface area contributed by atoms with E-state index in [9.17, 15) is 4.39 Å². The van der Waals surface area contributed by atoms with Crippen molar-refractivity contribution in [2.75, 3.05) is 19.8 Å². The Hall–Kier alpha value is -0.940. The lowest BCUT2D eigenvalue weighted by molar-refractivity contribution is 0.0483. The zero-order valence-corrected chi connectivity index (χ0v) is 9.41. The predicted octanol–water partition coefficient (Wildman–Crippen LogP) is 2.07. The Bertz CT molecular complexity index is 359. The van der Waals surface area contributed by atoms with Crippen LogP contribution >= 0.6 is 11.6 Å². The minimum Gasteiger partial charge on any atom is -0.475 e. The molecule has 0 aliphatic carbocycles. The van der Waals surface area contributed by atoms with Gasteiger partial charge in [0.05, 0.1) is 12.8 Å². The highest BCUT2D eigenvalue weighted by molar-refractivity contribution is 6.28. The number of halogens is 2. The van der Waals surface area contributed by atoms with Crippen LogP contribution in [0.5, 0.6) is 5.88 Å². The van der Waals surface area contributed by atoms with E-state index in [0.717, 1.165) is 32.3 Å². The maximum absolute atomic E-state index is 13.2. The van der Waals surface area contributed by atoms with E-state index < -0.39 is 5.82 Å². The highest BCUT2D eigenvalue weighted by Crippen LogP contribution is 2.19. The highest BCUT2D eigenvalue weighted by Gasteiger charge is 2.16. The van der Waals surface area contributed by atoms with Crippen LogP contribution in [0.3, 0.4) is 0 Å². The van der Waals surface area contributed by atoms with Gasteiger partial charge in [-0.25, -0.2) is 4.98 Å². The molecule has 2 heterocycles. The number of hydrogen-bond acceptors (Lipinski definition) is 4. The normalized spacial score (nSPS) is 17.4. The third-order valence-electron chi connectivity index (χ3n) is 2.48. The molecular weight excluding hydrogens is 235 g/mol. The molecule has 0 radical (unpaired) electrons. The molecule has 2 rings (SSSR count). The quantitative estimate of drug-likeness (QED) is 0.766. The van der Waals surface area contributed by atoms with Gasteiger partial charge < -0.3 is 9.47 Å². The lowest BCUT2D eigenvalue weighted by Gasteiger charge is -2.21. The summed E-state index contributed by atoms with van der Waals surface area (Å²) in [5.41, 5.74) is 0. The molecule has 88 valence electrons. The van der Waals surface area contributed by atoms with Crippen LogP contribution in [0.15, 0.2) is 6.20 Å². The second-order valence-corrected chi connectivity index (χ2v) is 4.00. The van der Waals surface area contributed by atoms with Crippen molar-refractivity contribution in [3.05, 3.63) is 17.3 Å². The first kappa shape index (κ1) is 11.5. The molecule has 1 saturated heterocycles. The number of hydrogen-bond donors (Lipinski definition) is 0. The summed E-state index contributed by atoms with van der Waals surface area (Å²) in [7, 11) is 0. The average molecular weight is 247 g/mol. The van der Waals surface area contributed by atoms with Crippen LogP contribution in [0.25, 0.3) is 0 Å². The van der Waals surface area contributed by atoms with Gasteiger partial charge in [0.1, 0.15) is 0 Å². The van der Waals surface area contributed by atoms with Crippen LogP contribution in [-0.2, 0) is 4.74 Å². The van der Waals surface area contributed by atoms with E-state index in [4.69, 9.17) is 21.1 Å². The number of nitrogens with zero attached hydrogens (tertiary/aromatic N) is 2. The Balaban J connectivity index is 1.90. The van der Waals surface area contributed by atoms with Gasteiger partial charge in [-0.15, -0.1) is 0 Å². The van der Waals surface area contributed by atoms with E-state index in [1.54, 1.807) is 0 Å². The van der Waals surface area contributed by atoms with Crippen molar-refractivity contribution < 1.29 is 13.9 Å². The van der Waals surface area contributed by atoms with E-state index >= 15 is 0 Å². The van der Waals surface area contributed by atoms with Gasteiger partial charge in [-0.2, -0.15) is 9.37 Å². The molecule has 0 bridgehead atoms. The summed E-state index contributed by atoms with van der Waals surface area (Å²) in [4.78, 5) is 7.20. The van der Waals surface area contributed by atoms with Crippen molar-refractivity contribution in [3.8, 4) is 5.88 Å². The fraction of sp³-hybridized carbons (Fsp3) is 0.600. The molecule has 0 atom stereocenters. The van der Waals surface area contributed by atoms with Gasteiger partial charge in [-0.3, -0.25) is 0 Å². The van der Waals surface area contributed by atoms with E-state index in [-0.39, 0.29) is 11.2 Å². The summed E-state index contributed by atoms with van der Waals surface area (Å²) in [5.74, 6) is -0.273. The molecule has 1 aromatic heterocycles. The fourth-order valence-electron chi connectivity index (χ4n) is 1.54. The molecule has 1 aliphatic heterocycles. The van der Waals surface area contributed by atoms with Crippen molar-refractivity contribution in [3.63, 3.8) is 0 Å². The van der Waals surface area contributed by atoms with Crippen LogP contribution in [0.4, 0.5) is 4.39 Å². The second kappa shape index (κ2) is 5.41. The van der Waals surface area contributed by atoms with Gasteiger partial charge in [0.15, 0.2) is 0 Å². The zero-order chi connectivity index (χ0) is 11.4. The maximum Gasteiger partial charge on any atom is 0.254 e. The first-order valence-corrected chi connectivity index (χ1v) is 5.52. The van der Waals surface area contributed by atoms with Crippen LogP contribution < -0.4 is 4.74 Å². The molecule has 16 heavy (non-hydrogen) atoms. The number of rotatable bonds is 3. The SMILES string of the molecule is Fc1cnc(Cl)nc1OCC1CCOCC1. The largest absolute Gasteiger partial charge is 0.475 e. The molecule has 4 nitrogen and oxygen atoms in total. The van der Waals surface area contributed by atoms with Crippen molar-refractivity contribution in [1.29, 1.82) is 0 Å². The Morgan fingerprint density at radius 3 is 3.00 bits per heavy atom. The standard InChI is InChI=1S/C10H12ClFN2O2/c11-10-13-5-8(12)9(14-10)16-6-7-1-3-15-4-2-7/h5,7H,1-4,6H2. The summed E-state index contributed by atoms with van der Waals surface area (Å²) in [6.45, 7) is 1.91. The Morgan fingerprint density at radius 1 is 1.50 bits per heavy atom. The van der Waals surface area contributed by atoms with Crippen molar-refractivity contribution in [1.82, 2.24) is 9.97 Å². The molecule has 1 fully saturated rings. The van der Waals surface area contributed by atoms with Crippen molar-refractivity contribution in [2.24, 2.45) is 5.92 Å². The van der Waals surface area contributed by atoms with Crippen LogP contribution in [-0.4, -0.2) is 29.8 Å². The van der Waals surface area contributed by atoms with Crippen LogP contribution in [0, 0.1) is 11.7 Å². The van der Waals surface area contributed by atoms with Gasteiger partial charge in [-0.05, 0) is 30.4 Å². The Morgan fingerprint density at radius 2 is 2.25 bits per heavy atom. The summed E-state index contributed by atoms with van der Waals surface area (Å²) >= 11 is 5.55. The van der Waals surface area contributed by atoms with Gasteiger partial charge >= 0.3 is 0 Å². The van der Waals surface area contributed by atoms with Gasteiger partial charge in [0.25, 0.3) is 5.88 Å². The van der Waals surface area contributed by atoms with Crippen molar-refractivity contribution in [2.45, 2.75) is 12.8 Å². The van der Waals surface area contributed by atoms with E-state index in [1.165, 1.54) is 0 Å². The van der Waals surface area contributed by atoms with E-state index in [0.29, 0.717) is 12.5 Å². The minimum absolute atomic E-state index is 0.0108. The monoisotopic (exact) mass is 246 g/mol. The fourth-order valence-corrected chi connectivity index (χ4v) is 1.67. The molecular formula is C10H12ClFN2O2. The lowest BCUT2D eigenvalue weighted by Crippen LogP contribution is -2.22. The molecule has 0 amide bonds. The van der Waals surface area contributed by atoms with Crippen molar-refractivity contribution >= 4 is 11.6 Å². The predicted molar refractivity (Wildman–Crippen MR) is 56.0 cm³/mol. The topological polar surface area (TPSA) is 44.2 Å². The zero-order valence-electron chi connectivity index (χ0n) is 8.66. The van der Waals surface area contributed by atoms with E-state index in [1.807, 2.05) is 0 Å². The lowest BCUT2D eigenvalue weighted by atomic mass is 10.0. The van der Waals surface area contributed by atoms with Crippen LogP contribution in [0.1, 0.15) is 12.8 Å². The molecule has 0 saturated carbocycles. The first-order chi connectivity index (χ1) is 7.75. The number of aromatic nitrogens is 2. The molecule has 1 aliphatic rings. The van der Waals surface area contributed by atoms with Crippen LogP contribution in [0.2, 0.25) is 5.28 Å². The summed E-state index contributed by atoms with van der Waals surface area (Å²) in [6.07, 6.45) is 2.87. The molecule has 6 heteroatoms. The Kier molecular flexibility index (Phi) is 3.90. The maximum atomic E-state index is 13.2. The molecule has 0 unspecified atom stereocenters. The molecule has 1 aromatic rings. The van der Waals surface area contributed by atoms with Gasteiger partial charge in [0.2, 0.25) is 11.1 Å². The molecule has 0 aromatic carbocycles. The third-order valence-corrected chi connectivity index (χ3v) is 2.66. The first-order valence-electron chi connectivity index (χ1n) is 5.14. The summed E-state index contributed by atoms with van der Waals surface area (Å²) < 4.78 is 23.7. The van der Waals surface area contributed by atoms with Gasteiger partial charge in [-0.1, -0.05) is 0 Å². The number of ether oxygens (including phenoxy) is 2. The van der Waals surface area contributed by atoms with Gasteiger partial charge in [0, 0.05) is 13.2 Å².